The van der Waals surface area contributed by atoms with Gasteiger partial charge in [0, 0.05) is 13.1 Å². The molecule has 0 fully saturated rings. The number of hydrogen-bond donors (Lipinski definition) is 1. The molecule has 0 bridgehead atoms. The molecule has 0 atom stereocenters. The molecule has 0 aliphatic rings. The molecule has 25 heavy (non-hydrogen) atoms. The van der Waals surface area contributed by atoms with Crippen LogP contribution in [0.25, 0.3) is 0 Å². The van der Waals surface area contributed by atoms with Crippen LogP contribution in [0.1, 0.15) is 64.5 Å². The van der Waals surface area contributed by atoms with Crippen LogP contribution in [0.5, 0.6) is 5.75 Å². The number of rotatable bonds is 14. The van der Waals surface area contributed by atoms with Gasteiger partial charge in [-0.1, -0.05) is 39.8 Å². The van der Waals surface area contributed by atoms with Gasteiger partial charge in [0.2, 0.25) is 0 Å². The molecule has 0 heterocycles. The zero-order valence-corrected chi connectivity index (χ0v) is 17.1. The predicted molar refractivity (Wildman–Crippen MR) is 110 cm³/mol. The average Bonchev–Trinajstić information content (AvgIpc) is 2.60. The molecular formula is C22H40N2O. The van der Waals surface area contributed by atoms with E-state index < -0.39 is 0 Å². The van der Waals surface area contributed by atoms with Gasteiger partial charge in [-0.3, -0.25) is 0 Å². The zero-order valence-electron chi connectivity index (χ0n) is 17.1. The van der Waals surface area contributed by atoms with E-state index in [9.17, 15) is 5.11 Å². The van der Waals surface area contributed by atoms with Crippen molar-refractivity contribution in [3.05, 3.63) is 29.3 Å². The van der Waals surface area contributed by atoms with Crippen LogP contribution < -0.4 is 0 Å². The van der Waals surface area contributed by atoms with Gasteiger partial charge in [0.05, 0.1) is 0 Å². The number of aromatic hydroxyl groups is 1. The predicted octanol–water partition coefficient (Wildman–Crippen LogP) is 4.72. The summed E-state index contributed by atoms with van der Waals surface area (Å²) in [6.45, 7) is 15.8. The lowest BCUT2D eigenvalue weighted by Crippen LogP contribution is -2.28. The molecule has 0 radical (unpaired) electrons. The maximum Gasteiger partial charge on any atom is 0.118 e. The third-order valence-electron chi connectivity index (χ3n) is 4.72. The fourth-order valence-electron chi connectivity index (χ4n) is 3.50. The molecule has 0 saturated heterocycles. The summed E-state index contributed by atoms with van der Waals surface area (Å²) in [5.74, 6) is 0.454. The van der Waals surface area contributed by atoms with Crippen molar-refractivity contribution in [3.8, 4) is 5.75 Å². The van der Waals surface area contributed by atoms with Gasteiger partial charge in [0.1, 0.15) is 5.75 Å². The summed E-state index contributed by atoms with van der Waals surface area (Å²) in [5.41, 5.74) is 2.45. The Hall–Kier alpha value is -1.06. The minimum absolute atomic E-state index is 0.454. The van der Waals surface area contributed by atoms with Crippen molar-refractivity contribution in [2.24, 2.45) is 0 Å². The topological polar surface area (TPSA) is 26.7 Å². The summed E-state index contributed by atoms with van der Waals surface area (Å²) < 4.78 is 0. The molecule has 3 heteroatoms. The minimum atomic E-state index is 0.454. The van der Waals surface area contributed by atoms with Crippen LogP contribution in [-0.4, -0.2) is 54.2 Å². The van der Waals surface area contributed by atoms with Crippen LogP contribution in [0.4, 0.5) is 0 Å². The summed E-state index contributed by atoms with van der Waals surface area (Å²) in [5, 5.41) is 10.2. The summed E-state index contributed by atoms with van der Waals surface area (Å²) in [7, 11) is 0. The van der Waals surface area contributed by atoms with Crippen molar-refractivity contribution >= 4 is 0 Å². The first-order chi connectivity index (χ1) is 12.1. The van der Waals surface area contributed by atoms with Crippen molar-refractivity contribution in [1.82, 2.24) is 9.80 Å². The number of nitrogens with zero attached hydrogens (tertiary/aromatic N) is 2. The third-order valence-corrected chi connectivity index (χ3v) is 4.72. The van der Waals surface area contributed by atoms with Crippen LogP contribution in [0.3, 0.4) is 0 Å². The van der Waals surface area contributed by atoms with E-state index in [-0.39, 0.29) is 0 Å². The van der Waals surface area contributed by atoms with Gasteiger partial charge in [-0.25, -0.2) is 0 Å². The lowest BCUT2D eigenvalue weighted by atomic mass is 10.0. The second-order valence-corrected chi connectivity index (χ2v) is 7.15. The minimum Gasteiger partial charge on any atom is -0.508 e. The first-order valence-electron chi connectivity index (χ1n) is 10.4. The Morgan fingerprint density at radius 1 is 0.680 bits per heavy atom. The number of benzene rings is 1. The molecule has 0 aliphatic carbocycles. The zero-order chi connectivity index (χ0) is 18.5. The molecule has 1 rings (SSSR count). The van der Waals surface area contributed by atoms with E-state index in [1.165, 1.54) is 44.3 Å². The molecule has 0 aromatic heterocycles. The molecular weight excluding hydrogens is 308 g/mol. The lowest BCUT2D eigenvalue weighted by Gasteiger charge is -2.22. The molecule has 0 spiro atoms. The van der Waals surface area contributed by atoms with E-state index >= 15 is 0 Å². The van der Waals surface area contributed by atoms with Gasteiger partial charge in [0.25, 0.3) is 0 Å². The normalized spacial score (nSPS) is 11.6. The number of phenols is 1. The van der Waals surface area contributed by atoms with E-state index in [0.717, 1.165) is 44.6 Å². The molecule has 1 aromatic rings. The standard InChI is InChI=1S/C22H40N2O/c1-5-13-23(14-6-2)17-11-20-9-10-22(25)21(19-20)12-18-24(15-7-3)16-8-4/h9-10,19,25H,5-8,11-18H2,1-4H3. The number of hydrogen-bond acceptors (Lipinski definition) is 3. The van der Waals surface area contributed by atoms with E-state index in [1.54, 1.807) is 0 Å². The maximum atomic E-state index is 10.2. The monoisotopic (exact) mass is 348 g/mol. The number of phenolic OH excluding ortho intramolecular Hbond substituents is 1. The smallest absolute Gasteiger partial charge is 0.118 e. The molecule has 144 valence electrons. The van der Waals surface area contributed by atoms with E-state index in [0.29, 0.717) is 5.75 Å². The second kappa shape index (κ2) is 13.2. The van der Waals surface area contributed by atoms with Gasteiger partial charge >= 0.3 is 0 Å². The SMILES string of the molecule is CCCN(CCC)CCc1ccc(O)c(CCN(CCC)CCC)c1. The van der Waals surface area contributed by atoms with E-state index in [1.807, 2.05) is 6.07 Å². The van der Waals surface area contributed by atoms with E-state index in [2.05, 4.69) is 49.6 Å². The van der Waals surface area contributed by atoms with Gasteiger partial charge in [-0.15, -0.1) is 0 Å². The van der Waals surface area contributed by atoms with E-state index in [4.69, 9.17) is 0 Å². The highest BCUT2D eigenvalue weighted by Gasteiger charge is 2.08. The molecule has 1 aromatic carbocycles. The Kier molecular flexibility index (Phi) is 11.6. The molecule has 0 aliphatic heterocycles. The van der Waals surface area contributed by atoms with Gasteiger partial charge in [0.15, 0.2) is 0 Å². The molecule has 0 saturated carbocycles. The largest absolute Gasteiger partial charge is 0.508 e. The summed E-state index contributed by atoms with van der Waals surface area (Å²) in [6.07, 6.45) is 6.82. The van der Waals surface area contributed by atoms with Crippen LogP contribution >= 0.6 is 0 Å². The Balaban J connectivity index is 2.62. The molecule has 3 nitrogen and oxygen atoms in total. The Morgan fingerprint density at radius 2 is 1.16 bits per heavy atom. The summed E-state index contributed by atoms with van der Waals surface area (Å²) >= 11 is 0. The fraction of sp³-hybridized carbons (Fsp3) is 0.727. The molecule has 1 N–H and O–H groups in total. The first kappa shape index (κ1) is 22.0. The molecule has 0 amide bonds. The highest BCUT2D eigenvalue weighted by molar-refractivity contribution is 5.36. The van der Waals surface area contributed by atoms with Crippen molar-refractivity contribution < 1.29 is 5.11 Å². The molecule has 0 unspecified atom stereocenters. The summed E-state index contributed by atoms with van der Waals surface area (Å²) in [4.78, 5) is 5.06. The second-order valence-electron chi connectivity index (χ2n) is 7.15. The van der Waals surface area contributed by atoms with Gasteiger partial charge in [-0.2, -0.15) is 0 Å². The third kappa shape index (κ3) is 8.73. The Bertz CT molecular complexity index is 449. The first-order valence-corrected chi connectivity index (χ1v) is 10.4. The van der Waals surface area contributed by atoms with Crippen molar-refractivity contribution in [1.29, 1.82) is 0 Å². The summed E-state index contributed by atoms with van der Waals surface area (Å²) in [6, 6.07) is 6.20. The Morgan fingerprint density at radius 3 is 1.64 bits per heavy atom. The quantitative estimate of drug-likeness (QED) is 0.527. The lowest BCUT2D eigenvalue weighted by molar-refractivity contribution is 0.276. The van der Waals surface area contributed by atoms with Crippen LogP contribution in [0, 0.1) is 0 Å². The van der Waals surface area contributed by atoms with Gasteiger partial charge in [-0.05, 0) is 81.9 Å². The van der Waals surface area contributed by atoms with Crippen molar-refractivity contribution in [3.63, 3.8) is 0 Å². The Labute approximate surface area is 156 Å². The average molecular weight is 349 g/mol. The van der Waals surface area contributed by atoms with Crippen LogP contribution in [-0.2, 0) is 12.8 Å². The van der Waals surface area contributed by atoms with Crippen LogP contribution in [0.2, 0.25) is 0 Å². The van der Waals surface area contributed by atoms with Crippen LogP contribution in [0.15, 0.2) is 18.2 Å². The highest BCUT2D eigenvalue weighted by Crippen LogP contribution is 2.20. The van der Waals surface area contributed by atoms with Crippen molar-refractivity contribution in [2.75, 3.05) is 39.3 Å². The fourth-order valence-corrected chi connectivity index (χ4v) is 3.50. The maximum absolute atomic E-state index is 10.2. The van der Waals surface area contributed by atoms with Gasteiger partial charge < -0.3 is 14.9 Å². The van der Waals surface area contributed by atoms with Crippen molar-refractivity contribution in [2.45, 2.75) is 66.2 Å². The highest BCUT2D eigenvalue weighted by atomic mass is 16.3.